The summed E-state index contributed by atoms with van der Waals surface area (Å²) in [7, 11) is 0. The lowest BCUT2D eigenvalue weighted by molar-refractivity contribution is -0.122. The zero-order chi connectivity index (χ0) is 15.4. The van der Waals surface area contributed by atoms with Crippen LogP contribution >= 0.6 is 0 Å². The molecule has 0 bridgehead atoms. The first-order valence-corrected chi connectivity index (χ1v) is 6.99. The molecule has 114 valence electrons. The number of aryl methyl sites for hydroxylation is 4. The fourth-order valence-corrected chi connectivity index (χ4v) is 2.18. The summed E-state index contributed by atoms with van der Waals surface area (Å²) in [6.45, 7) is 8.89. The summed E-state index contributed by atoms with van der Waals surface area (Å²) < 4.78 is 3.52. The van der Waals surface area contributed by atoms with Gasteiger partial charge in [0, 0.05) is 18.2 Å². The summed E-state index contributed by atoms with van der Waals surface area (Å²) in [6.07, 6.45) is 0.355. The number of carbonyl (C=O) groups excluding carboxylic acids is 1. The molecule has 8 nitrogen and oxygen atoms in total. The van der Waals surface area contributed by atoms with Gasteiger partial charge in [0.05, 0.1) is 18.8 Å². The predicted octanol–water partition coefficient (Wildman–Crippen LogP) is 0.390. The molecule has 0 fully saturated rings. The number of hydrogen-bond acceptors (Lipinski definition) is 5. The second-order valence-corrected chi connectivity index (χ2v) is 5.28. The van der Waals surface area contributed by atoms with Gasteiger partial charge in [-0.15, -0.1) is 5.10 Å². The Balaban J connectivity index is 1.79. The van der Waals surface area contributed by atoms with Crippen LogP contribution < -0.4 is 5.32 Å². The minimum Gasteiger partial charge on any atom is -0.352 e. The first-order chi connectivity index (χ1) is 9.95. The van der Waals surface area contributed by atoms with Crippen molar-refractivity contribution in [2.75, 3.05) is 0 Å². The zero-order valence-corrected chi connectivity index (χ0v) is 12.9. The highest BCUT2D eigenvalue weighted by atomic mass is 16.1. The fraction of sp³-hybridized carbons (Fsp3) is 0.615. The number of rotatable bonds is 6. The van der Waals surface area contributed by atoms with Crippen LogP contribution in [0.15, 0.2) is 6.07 Å². The van der Waals surface area contributed by atoms with E-state index in [1.807, 2.05) is 38.4 Å². The molecule has 0 aromatic carbocycles. The predicted molar refractivity (Wildman–Crippen MR) is 76.5 cm³/mol. The van der Waals surface area contributed by atoms with Gasteiger partial charge in [0.1, 0.15) is 5.82 Å². The van der Waals surface area contributed by atoms with Crippen LogP contribution in [-0.4, -0.2) is 41.9 Å². The van der Waals surface area contributed by atoms with Gasteiger partial charge < -0.3 is 5.32 Å². The molecule has 0 saturated heterocycles. The van der Waals surface area contributed by atoms with Gasteiger partial charge in [-0.25, -0.2) is 4.68 Å². The minimum atomic E-state index is -0.0149. The molecule has 2 aromatic rings. The molecule has 0 aliphatic rings. The van der Waals surface area contributed by atoms with Gasteiger partial charge in [-0.2, -0.15) is 5.10 Å². The molecule has 1 atom stereocenters. The molecule has 1 unspecified atom stereocenters. The zero-order valence-electron chi connectivity index (χ0n) is 12.9. The number of amides is 1. The van der Waals surface area contributed by atoms with Crippen LogP contribution in [0.5, 0.6) is 0 Å². The molecule has 1 N–H and O–H groups in total. The van der Waals surface area contributed by atoms with E-state index in [1.165, 1.54) is 0 Å². The third-order valence-corrected chi connectivity index (χ3v) is 3.22. The maximum absolute atomic E-state index is 11.9. The van der Waals surface area contributed by atoms with Crippen LogP contribution in [0.1, 0.15) is 30.6 Å². The summed E-state index contributed by atoms with van der Waals surface area (Å²) in [4.78, 5) is 11.9. The lowest BCUT2D eigenvalue weighted by atomic mass is 10.3. The maximum atomic E-state index is 11.9. The number of hydrogen-bond donors (Lipinski definition) is 1. The van der Waals surface area contributed by atoms with E-state index in [-0.39, 0.29) is 11.9 Å². The van der Waals surface area contributed by atoms with E-state index in [1.54, 1.807) is 4.68 Å². The van der Waals surface area contributed by atoms with Gasteiger partial charge in [-0.3, -0.25) is 9.48 Å². The third kappa shape index (κ3) is 4.11. The lowest BCUT2D eigenvalue weighted by Gasteiger charge is -2.15. The average Bonchev–Trinajstić information content (AvgIpc) is 2.93. The maximum Gasteiger partial charge on any atom is 0.222 e. The van der Waals surface area contributed by atoms with Crippen LogP contribution in [0.2, 0.25) is 0 Å². The van der Waals surface area contributed by atoms with Crippen molar-refractivity contribution >= 4 is 5.91 Å². The van der Waals surface area contributed by atoms with Gasteiger partial charge in [-0.1, -0.05) is 0 Å². The van der Waals surface area contributed by atoms with E-state index in [9.17, 15) is 4.79 Å². The molecule has 0 aliphatic carbocycles. The highest BCUT2D eigenvalue weighted by Crippen LogP contribution is 2.03. The second kappa shape index (κ2) is 6.47. The van der Waals surface area contributed by atoms with Crippen LogP contribution in [0.4, 0.5) is 0 Å². The van der Waals surface area contributed by atoms with Crippen molar-refractivity contribution in [2.45, 2.75) is 53.2 Å². The van der Waals surface area contributed by atoms with Gasteiger partial charge >= 0.3 is 0 Å². The van der Waals surface area contributed by atoms with Crippen LogP contribution in [0.3, 0.4) is 0 Å². The van der Waals surface area contributed by atoms with Gasteiger partial charge in [0.2, 0.25) is 5.91 Å². The molecule has 2 heterocycles. The number of carbonyl (C=O) groups is 1. The SMILES string of the molecule is Cc1cc(C)n(CC(C)NC(=O)CCn2nnnc2C)n1. The van der Waals surface area contributed by atoms with Crippen molar-refractivity contribution in [1.29, 1.82) is 0 Å². The van der Waals surface area contributed by atoms with Crippen molar-refractivity contribution in [1.82, 2.24) is 35.3 Å². The summed E-state index contributed by atoms with van der Waals surface area (Å²) in [6, 6.07) is 2.04. The standard InChI is InChI=1S/C13H21N7O/c1-9-7-11(3)20(16-9)8-10(2)14-13(21)5-6-19-12(4)15-17-18-19/h7,10H,5-6,8H2,1-4H3,(H,14,21). The monoisotopic (exact) mass is 291 g/mol. The first kappa shape index (κ1) is 15.1. The van der Waals surface area contributed by atoms with E-state index < -0.39 is 0 Å². The number of nitrogens with one attached hydrogen (secondary N) is 1. The number of nitrogens with zero attached hydrogens (tertiary/aromatic N) is 6. The van der Waals surface area contributed by atoms with Crippen LogP contribution in [0, 0.1) is 20.8 Å². The molecule has 0 spiro atoms. The van der Waals surface area contributed by atoms with Gasteiger partial charge in [0.15, 0.2) is 0 Å². The second-order valence-electron chi connectivity index (χ2n) is 5.28. The van der Waals surface area contributed by atoms with Crippen molar-refractivity contribution in [2.24, 2.45) is 0 Å². The molecule has 0 saturated carbocycles. The van der Waals surface area contributed by atoms with Crippen molar-refractivity contribution in [3.05, 3.63) is 23.3 Å². The Hall–Kier alpha value is -2.25. The molecule has 21 heavy (non-hydrogen) atoms. The van der Waals surface area contributed by atoms with E-state index in [0.717, 1.165) is 11.4 Å². The molecule has 0 radical (unpaired) electrons. The quantitative estimate of drug-likeness (QED) is 0.831. The van der Waals surface area contributed by atoms with Crippen LogP contribution in [0.25, 0.3) is 0 Å². The molecule has 0 aliphatic heterocycles. The highest BCUT2D eigenvalue weighted by Gasteiger charge is 2.11. The van der Waals surface area contributed by atoms with Gasteiger partial charge in [0.25, 0.3) is 0 Å². The fourth-order valence-electron chi connectivity index (χ4n) is 2.18. The highest BCUT2D eigenvalue weighted by molar-refractivity contribution is 5.76. The van der Waals surface area contributed by atoms with E-state index in [4.69, 9.17) is 0 Å². The Labute approximate surface area is 123 Å². The normalized spacial score (nSPS) is 12.4. The largest absolute Gasteiger partial charge is 0.352 e. The van der Waals surface area contributed by atoms with E-state index >= 15 is 0 Å². The van der Waals surface area contributed by atoms with Gasteiger partial charge in [-0.05, 0) is 44.2 Å². The third-order valence-electron chi connectivity index (χ3n) is 3.22. The Morgan fingerprint density at radius 1 is 1.33 bits per heavy atom. The molecule has 2 rings (SSSR count). The number of aromatic nitrogens is 6. The summed E-state index contributed by atoms with van der Waals surface area (Å²) in [5, 5.41) is 18.5. The number of tetrazole rings is 1. The smallest absolute Gasteiger partial charge is 0.222 e. The van der Waals surface area contributed by atoms with E-state index in [2.05, 4.69) is 25.9 Å². The van der Waals surface area contributed by atoms with Crippen molar-refractivity contribution in [3.8, 4) is 0 Å². The van der Waals surface area contributed by atoms with Crippen molar-refractivity contribution < 1.29 is 4.79 Å². The van der Waals surface area contributed by atoms with Crippen molar-refractivity contribution in [3.63, 3.8) is 0 Å². The summed E-state index contributed by atoms with van der Waals surface area (Å²) in [5.41, 5.74) is 2.08. The topological polar surface area (TPSA) is 90.5 Å². The summed E-state index contributed by atoms with van der Waals surface area (Å²) >= 11 is 0. The molecule has 8 heteroatoms. The molecular weight excluding hydrogens is 270 g/mol. The minimum absolute atomic E-state index is 0.0149. The van der Waals surface area contributed by atoms with E-state index in [0.29, 0.717) is 25.3 Å². The van der Waals surface area contributed by atoms with Crippen LogP contribution in [-0.2, 0) is 17.9 Å². The average molecular weight is 291 g/mol. The molecule has 2 aromatic heterocycles. The Kier molecular flexibility index (Phi) is 4.66. The summed E-state index contributed by atoms with van der Waals surface area (Å²) in [5.74, 6) is 0.692. The Morgan fingerprint density at radius 3 is 2.67 bits per heavy atom. The first-order valence-electron chi connectivity index (χ1n) is 6.99. The lowest BCUT2D eigenvalue weighted by Crippen LogP contribution is -2.36. The molecular formula is C13H21N7O. The molecule has 1 amide bonds. The Bertz CT molecular complexity index is 616. The Morgan fingerprint density at radius 2 is 2.10 bits per heavy atom.